The minimum Gasteiger partial charge on any atom is -0.505 e. The third kappa shape index (κ3) is 2.42. The van der Waals surface area contributed by atoms with Gasteiger partial charge in [0.05, 0.1) is 0 Å². The highest BCUT2D eigenvalue weighted by Crippen LogP contribution is 2.30. The molecule has 1 heterocycles. The Balaban J connectivity index is 2.12. The van der Waals surface area contributed by atoms with Crippen molar-refractivity contribution in [3.8, 4) is 17.2 Å². The second kappa shape index (κ2) is 5.33. The zero-order valence-electron chi connectivity index (χ0n) is 11.9. The van der Waals surface area contributed by atoms with Crippen molar-refractivity contribution in [2.24, 2.45) is 0 Å². The summed E-state index contributed by atoms with van der Waals surface area (Å²) < 4.78 is 5.10. The Morgan fingerprint density at radius 1 is 1.27 bits per heavy atom. The molecule has 6 heteroatoms. The molecule has 3 aromatic rings. The van der Waals surface area contributed by atoms with Crippen molar-refractivity contribution in [3.63, 3.8) is 0 Å². The molecule has 3 rings (SSSR count). The number of hydrogen-bond donors (Lipinski definition) is 1. The van der Waals surface area contributed by atoms with E-state index in [4.69, 9.17) is 4.74 Å². The van der Waals surface area contributed by atoms with Crippen LogP contribution in [-0.4, -0.2) is 26.1 Å². The molecule has 1 N–H and O–H groups in total. The number of hydrogen-bond acceptors (Lipinski definition) is 5. The lowest BCUT2D eigenvalue weighted by atomic mass is 10.2. The molecule has 6 nitrogen and oxygen atoms in total. The quantitative estimate of drug-likeness (QED) is 0.456. The molecule has 0 saturated heterocycles. The number of ether oxygens (including phenoxy) is 1. The summed E-state index contributed by atoms with van der Waals surface area (Å²) in [5, 5.41) is 18.9. The molecule has 0 saturated carbocycles. The second-order valence-electron chi connectivity index (χ2n) is 4.71. The van der Waals surface area contributed by atoms with Crippen molar-refractivity contribution >= 4 is 17.0 Å². The van der Waals surface area contributed by atoms with Crippen LogP contribution in [0.1, 0.15) is 5.56 Å². The van der Waals surface area contributed by atoms with E-state index in [9.17, 15) is 9.90 Å². The Labute approximate surface area is 126 Å². The number of benzene rings is 2. The molecule has 2 aromatic carbocycles. The number of nitrogens with zero attached hydrogens (tertiary/aromatic N) is 3. The van der Waals surface area contributed by atoms with Crippen LogP contribution in [0.4, 0.5) is 0 Å². The first-order valence-electron chi connectivity index (χ1n) is 6.59. The molecule has 0 amide bonds. The van der Waals surface area contributed by atoms with Gasteiger partial charge in [0.25, 0.3) is 0 Å². The number of aromatic nitrogens is 3. The molecular weight excluding hydrogens is 282 g/mol. The van der Waals surface area contributed by atoms with Crippen LogP contribution in [0.3, 0.4) is 0 Å². The highest BCUT2D eigenvalue weighted by molar-refractivity contribution is 5.83. The number of carbonyl (C=O) groups excluding carboxylic acids is 1. The molecule has 0 radical (unpaired) electrons. The normalized spacial score (nSPS) is 10.6. The zero-order valence-corrected chi connectivity index (χ0v) is 11.9. The fourth-order valence-electron chi connectivity index (χ4n) is 2.07. The summed E-state index contributed by atoms with van der Waals surface area (Å²) in [6.07, 6.45) is 1.07. The number of aromatic hydroxyl groups is 1. The van der Waals surface area contributed by atoms with E-state index in [1.165, 1.54) is 10.9 Å². The van der Waals surface area contributed by atoms with Gasteiger partial charge in [0, 0.05) is 12.1 Å². The number of rotatable bonds is 3. The van der Waals surface area contributed by atoms with Gasteiger partial charge in [0.1, 0.15) is 28.2 Å². The van der Waals surface area contributed by atoms with E-state index in [0.29, 0.717) is 22.3 Å². The van der Waals surface area contributed by atoms with Crippen LogP contribution in [0.5, 0.6) is 11.5 Å². The first-order chi connectivity index (χ1) is 10.6. The topological polar surface area (TPSA) is 77.2 Å². The van der Waals surface area contributed by atoms with E-state index in [-0.39, 0.29) is 11.5 Å². The molecular formula is C16H13N3O3. The number of esters is 1. The number of phenols is 1. The summed E-state index contributed by atoms with van der Waals surface area (Å²) in [6.45, 7) is 5.05. The standard InChI is InChI=1S/C16H13N3O3/c1-3-15(20)22-11-8-10(2)16(21)14(9-11)19-17-12-6-4-5-7-13(12)18-19/h3-9,21H,1H2,2H3. The Morgan fingerprint density at radius 3 is 2.50 bits per heavy atom. The molecule has 0 bridgehead atoms. The minimum atomic E-state index is -0.574. The fourth-order valence-corrected chi connectivity index (χ4v) is 2.07. The van der Waals surface area contributed by atoms with Crippen molar-refractivity contribution < 1.29 is 14.6 Å². The van der Waals surface area contributed by atoms with E-state index in [1.54, 1.807) is 13.0 Å². The summed E-state index contributed by atoms with van der Waals surface area (Å²) in [7, 11) is 0. The Kier molecular flexibility index (Phi) is 3.34. The number of carbonyl (C=O) groups is 1. The predicted molar refractivity (Wildman–Crippen MR) is 81.1 cm³/mol. The van der Waals surface area contributed by atoms with Crippen molar-refractivity contribution in [1.29, 1.82) is 0 Å². The highest BCUT2D eigenvalue weighted by atomic mass is 16.5. The van der Waals surface area contributed by atoms with E-state index in [1.807, 2.05) is 24.3 Å². The van der Waals surface area contributed by atoms with Gasteiger partial charge >= 0.3 is 5.97 Å². The molecule has 0 aliphatic rings. The first kappa shape index (κ1) is 13.8. The second-order valence-corrected chi connectivity index (χ2v) is 4.71. The molecule has 0 spiro atoms. The maximum absolute atomic E-state index is 11.3. The summed E-state index contributed by atoms with van der Waals surface area (Å²) in [4.78, 5) is 12.6. The molecule has 110 valence electrons. The van der Waals surface area contributed by atoms with Gasteiger partial charge in [0.15, 0.2) is 0 Å². The van der Waals surface area contributed by atoms with E-state index >= 15 is 0 Å². The molecule has 0 aliphatic heterocycles. The average Bonchev–Trinajstić information content (AvgIpc) is 2.94. The van der Waals surface area contributed by atoms with Crippen LogP contribution in [0, 0.1) is 6.92 Å². The van der Waals surface area contributed by atoms with Crippen LogP contribution >= 0.6 is 0 Å². The minimum absolute atomic E-state index is 0.0266. The summed E-state index contributed by atoms with van der Waals surface area (Å²) in [5.41, 5.74) is 2.29. The van der Waals surface area contributed by atoms with Gasteiger partial charge in [-0.05, 0) is 30.7 Å². The van der Waals surface area contributed by atoms with Gasteiger partial charge in [-0.3, -0.25) is 0 Å². The van der Waals surface area contributed by atoms with Crippen LogP contribution in [0.25, 0.3) is 16.7 Å². The highest BCUT2D eigenvalue weighted by Gasteiger charge is 2.14. The third-order valence-corrected chi connectivity index (χ3v) is 3.14. The Morgan fingerprint density at radius 2 is 1.91 bits per heavy atom. The average molecular weight is 295 g/mol. The van der Waals surface area contributed by atoms with Crippen molar-refractivity contribution in [3.05, 3.63) is 54.6 Å². The van der Waals surface area contributed by atoms with Crippen molar-refractivity contribution in [1.82, 2.24) is 15.0 Å². The maximum atomic E-state index is 11.3. The van der Waals surface area contributed by atoms with Gasteiger partial charge in [0.2, 0.25) is 0 Å². The maximum Gasteiger partial charge on any atom is 0.335 e. The summed E-state index contributed by atoms with van der Waals surface area (Å²) >= 11 is 0. The fraction of sp³-hybridized carbons (Fsp3) is 0.0625. The van der Waals surface area contributed by atoms with Gasteiger partial charge < -0.3 is 9.84 Å². The third-order valence-electron chi connectivity index (χ3n) is 3.14. The lowest BCUT2D eigenvalue weighted by Crippen LogP contribution is -2.05. The number of phenolic OH excluding ortho intramolecular Hbond substituents is 1. The number of fused-ring (bicyclic) bond motifs is 1. The van der Waals surface area contributed by atoms with E-state index in [0.717, 1.165) is 6.08 Å². The molecule has 22 heavy (non-hydrogen) atoms. The smallest absolute Gasteiger partial charge is 0.335 e. The molecule has 0 atom stereocenters. The lowest BCUT2D eigenvalue weighted by molar-refractivity contribution is -0.128. The van der Waals surface area contributed by atoms with E-state index < -0.39 is 5.97 Å². The van der Waals surface area contributed by atoms with Gasteiger partial charge in [-0.25, -0.2) is 4.79 Å². The van der Waals surface area contributed by atoms with Crippen LogP contribution in [-0.2, 0) is 4.79 Å². The predicted octanol–water partition coefficient (Wildman–Crippen LogP) is 2.53. The van der Waals surface area contributed by atoms with Crippen LogP contribution in [0.15, 0.2) is 49.1 Å². The van der Waals surface area contributed by atoms with Crippen molar-refractivity contribution in [2.45, 2.75) is 6.92 Å². The van der Waals surface area contributed by atoms with Gasteiger partial charge in [-0.1, -0.05) is 18.7 Å². The van der Waals surface area contributed by atoms with Crippen LogP contribution in [0.2, 0.25) is 0 Å². The van der Waals surface area contributed by atoms with Crippen LogP contribution < -0.4 is 4.74 Å². The number of aryl methyl sites for hydroxylation is 1. The molecule has 1 aromatic heterocycles. The largest absolute Gasteiger partial charge is 0.505 e. The zero-order chi connectivity index (χ0) is 15.7. The molecule has 0 fully saturated rings. The SMILES string of the molecule is C=CC(=O)Oc1cc(C)c(O)c(-n2nc3ccccc3n2)c1. The first-order valence-corrected chi connectivity index (χ1v) is 6.59. The Bertz CT molecular complexity index is 850. The van der Waals surface area contributed by atoms with E-state index in [2.05, 4.69) is 16.8 Å². The monoisotopic (exact) mass is 295 g/mol. The Hall–Kier alpha value is -3.15. The van der Waals surface area contributed by atoms with Gasteiger partial charge in [-0.15, -0.1) is 15.0 Å². The lowest BCUT2D eigenvalue weighted by Gasteiger charge is -2.09. The van der Waals surface area contributed by atoms with Crippen molar-refractivity contribution in [2.75, 3.05) is 0 Å². The summed E-state index contributed by atoms with van der Waals surface area (Å²) in [6, 6.07) is 10.4. The molecule has 0 aliphatic carbocycles. The molecule has 0 unspecified atom stereocenters. The van der Waals surface area contributed by atoms with Gasteiger partial charge in [-0.2, -0.15) is 0 Å². The summed E-state index contributed by atoms with van der Waals surface area (Å²) in [5.74, 6) is -0.259.